The molecule has 3 rings (SSSR count). The normalized spacial score (nSPS) is 19.7. The van der Waals surface area contributed by atoms with E-state index in [2.05, 4.69) is 26.3 Å². The number of amides is 6. The molecule has 0 aliphatic carbocycles. The van der Waals surface area contributed by atoms with Gasteiger partial charge in [-0.15, -0.1) is 0 Å². The van der Waals surface area contributed by atoms with Crippen molar-refractivity contribution in [2.45, 2.75) is 107 Å². The Balaban J connectivity index is 1.59. The van der Waals surface area contributed by atoms with Gasteiger partial charge in [-0.2, -0.15) is 0 Å². The van der Waals surface area contributed by atoms with E-state index in [1.807, 2.05) is 0 Å². The smallest absolute Gasteiger partial charge is 0.326 e. The predicted octanol–water partition coefficient (Wildman–Crippen LogP) is -4.29. The molecule has 6 amide bonds. The van der Waals surface area contributed by atoms with Crippen LogP contribution >= 0.6 is 0 Å². The monoisotopic (exact) mass is 790 g/mol. The van der Waals surface area contributed by atoms with Gasteiger partial charge >= 0.3 is 5.97 Å². The molecule has 0 aromatic heterocycles. The second-order valence-electron chi connectivity index (χ2n) is 13.9. The molecule has 2 heterocycles. The molecule has 8 unspecified atom stereocenters. The van der Waals surface area contributed by atoms with E-state index in [9.17, 15) is 54.0 Å². The molecule has 0 radical (unpaired) electrons. The minimum absolute atomic E-state index is 0.0283. The molecule has 0 saturated carbocycles. The second kappa shape index (κ2) is 20.9. The quantitative estimate of drug-likeness (QED) is 0.0359. The fraction of sp³-hybridized carbons (Fsp3) is 0.600. The zero-order chi connectivity index (χ0) is 41.7. The highest BCUT2D eigenvalue weighted by atomic mass is 16.4. The van der Waals surface area contributed by atoms with Gasteiger partial charge in [-0.1, -0.05) is 12.1 Å². The van der Waals surface area contributed by atoms with Crippen molar-refractivity contribution in [2.24, 2.45) is 22.2 Å². The summed E-state index contributed by atoms with van der Waals surface area (Å²) in [6, 6.07) is -2.73. The summed E-state index contributed by atoms with van der Waals surface area (Å²) < 4.78 is 0. The zero-order valence-electron chi connectivity index (χ0n) is 31.4. The number of carbonyl (C=O) groups excluding carboxylic acids is 6. The summed E-state index contributed by atoms with van der Waals surface area (Å²) in [6.07, 6.45) is 0.135. The van der Waals surface area contributed by atoms with E-state index in [0.717, 1.165) is 4.90 Å². The molecule has 56 heavy (non-hydrogen) atoms. The summed E-state index contributed by atoms with van der Waals surface area (Å²) in [6.45, 7) is 2.20. The Morgan fingerprint density at radius 3 is 1.95 bits per heavy atom. The summed E-state index contributed by atoms with van der Waals surface area (Å²) in [5, 5.41) is 49.3. The number of aliphatic hydroxyl groups is 2. The number of phenolic OH excluding ortho intramolecular Hbond substituents is 1. The van der Waals surface area contributed by atoms with Crippen LogP contribution in [0.4, 0.5) is 0 Å². The van der Waals surface area contributed by atoms with E-state index in [1.54, 1.807) is 12.1 Å². The number of benzene rings is 1. The molecule has 21 nitrogen and oxygen atoms in total. The number of aliphatic imine (C=N–C) groups is 1. The van der Waals surface area contributed by atoms with Crippen LogP contribution in [0, 0.1) is 0 Å². The average molecular weight is 791 g/mol. The molecule has 0 bridgehead atoms. The maximum atomic E-state index is 13.5. The lowest BCUT2D eigenvalue weighted by molar-refractivity contribution is -0.145. The van der Waals surface area contributed by atoms with Crippen molar-refractivity contribution >= 4 is 47.4 Å². The van der Waals surface area contributed by atoms with Gasteiger partial charge in [-0.3, -0.25) is 33.8 Å². The lowest BCUT2D eigenvalue weighted by atomic mass is 10.1. The molecule has 310 valence electrons. The number of rotatable bonds is 19. The van der Waals surface area contributed by atoms with Crippen LogP contribution in [-0.4, -0.2) is 152 Å². The summed E-state index contributed by atoms with van der Waals surface area (Å²) in [4.78, 5) is 97.7. The van der Waals surface area contributed by atoms with Crippen LogP contribution in [0.1, 0.15) is 57.9 Å². The predicted molar refractivity (Wildman–Crippen MR) is 199 cm³/mol. The number of guanidine groups is 1. The molecule has 21 heteroatoms. The number of hydrogen-bond acceptors (Lipinski definition) is 12. The molecule has 0 spiro atoms. The van der Waals surface area contributed by atoms with Crippen molar-refractivity contribution in [3.63, 3.8) is 0 Å². The van der Waals surface area contributed by atoms with Crippen LogP contribution in [0.3, 0.4) is 0 Å². The highest BCUT2D eigenvalue weighted by Crippen LogP contribution is 2.21. The van der Waals surface area contributed by atoms with Crippen molar-refractivity contribution in [3.05, 3.63) is 29.8 Å². The van der Waals surface area contributed by atoms with Crippen LogP contribution in [0.25, 0.3) is 0 Å². The third kappa shape index (κ3) is 12.5. The molecule has 8 atom stereocenters. The van der Waals surface area contributed by atoms with E-state index in [4.69, 9.17) is 17.2 Å². The van der Waals surface area contributed by atoms with Gasteiger partial charge in [0.1, 0.15) is 42.0 Å². The Morgan fingerprint density at radius 1 is 0.839 bits per heavy atom. The number of nitrogens with one attached hydrogen (secondary N) is 4. The van der Waals surface area contributed by atoms with E-state index in [0.29, 0.717) is 18.4 Å². The summed E-state index contributed by atoms with van der Waals surface area (Å²) in [7, 11) is 0. The Hall–Kier alpha value is -5.54. The molecule has 1 aromatic rings. The third-order valence-corrected chi connectivity index (χ3v) is 9.55. The fourth-order valence-electron chi connectivity index (χ4n) is 6.55. The van der Waals surface area contributed by atoms with Gasteiger partial charge in [0.25, 0.3) is 0 Å². The number of phenols is 1. The van der Waals surface area contributed by atoms with Crippen molar-refractivity contribution < 1.29 is 54.0 Å². The highest BCUT2D eigenvalue weighted by molar-refractivity contribution is 5.97. The first-order chi connectivity index (χ1) is 26.4. The SMILES string of the molecule is CC(NC(=O)C(NC(=O)C1CCCN1C(=O)C(CO)NC(=O)C(N)Cc1ccc(O)cc1)C(C)O)C(=O)N1CCCC1C(=O)NC(CCCN=C(N)N)C(=O)O. The third-order valence-electron chi connectivity index (χ3n) is 9.55. The number of nitrogens with two attached hydrogens (primary N) is 3. The number of carboxylic acid groups (broad SMARTS) is 1. The number of likely N-dealkylation sites (tertiary alicyclic amines) is 2. The lowest BCUT2D eigenvalue weighted by Gasteiger charge is -2.31. The molecule has 2 saturated heterocycles. The Kier molecular flexibility index (Phi) is 16.8. The van der Waals surface area contributed by atoms with Crippen LogP contribution < -0.4 is 38.5 Å². The van der Waals surface area contributed by atoms with E-state index in [-0.39, 0.29) is 63.4 Å². The Morgan fingerprint density at radius 2 is 1.41 bits per heavy atom. The molecular formula is C35H54N10O11. The number of aliphatic hydroxyl groups excluding tert-OH is 2. The van der Waals surface area contributed by atoms with Gasteiger partial charge in [0, 0.05) is 19.6 Å². The minimum Gasteiger partial charge on any atom is -0.508 e. The fourth-order valence-corrected chi connectivity index (χ4v) is 6.55. The first-order valence-electron chi connectivity index (χ1n) is 18.4. The van der Waals surface area contributed by atoms with Crippen molar-refractivity contribution in [2.75, 3.05) is 26.2 Å². The standard InChI is InChI=1S/C35H54N10O11/c1-18(32(53)44-14-4-7-25(44)29(50)41-23(34(55)56)6-3-13-39-35(37)38)40-31(52)27(19(2)47)43-30(51)26-8-5-15-45(26)33(54)24(17-46)42-28(49)22(36)16-20-9-11-21(48)12-10-20/h9-12,18-19,22-27,46-48H,3-8,13-17,36H2,1-2H3,(H,40,52)(H,41,50)(H,42,49)(H,43,51)(H,55,56)(H4,37,38,39). The van der Waals surface area contributed by atoms with Gasteiger partial charge in [-0.25, -0.2) is 4.79 Å². The molecule has 14 N–H and O–H groups in total. The van der Waals surface area contributed by atoms with E-state index < -0.39 is 96.4 Å². The number of nitrogens with zero attached hydrogens (tertiary/aromatic N) is 3. The van der Waals surface area contributed by atoms with Gasteiger partial charge in [0.15, 0.2) is 5.96 Å². The van der Waals surface area contributed by atoms with Crippen LogP contribution in [0.2, 0.25) is 0 Å². The van der Waals surface area contributed by atoms with Crippen molar-refractivity contribution in [1.29, 1.82) is 0 Å². The molecule has 2 aliphatic rings. The summed E-state index contributed by atoms with van der Waals surface area (Å²) >= 11 is 0. The van der Waals surface area contributed by atoms with Crippen LogP contribution in [0.5, 0.6) is 5.75 Å². The second-order valence-corrected chi connectivity index (χ2v) is 13.9. The van der Waals surface area contributed by atoms with Crippen LogP contribution in [-0.2, 0) is 40.0 Å². The average Bonchev–Trinajstić information content (AvgIpc) is 3.85. The van der Waals surface area contributed by atoms with Gasteiger partial charge in [0.05, 0.1) is 18.8 Å². The highest BCUT2D eigenvalue weighted by Gasteiger charge is 2.41. The van der Waals surface area contributed by atoms with E-state index >= 15 is 0 Å². The minimum atomic E-state index is -1.57. The number of aliphatic carboxylic acids is 1. The Labute approximate surface area is 323 Å². The summed E-state index contributed by atoms with van der Waals surface area (Å²) in [5.41, 5.74) is 17.2. The molecular weight excluding hydrogens is 736 g/mol. The maximum absolute atomic E-state index is 13.5. The Bertz CT molecular complexity index is 1600. The van der Waals surface area contributed by atoms with Crippen LogP contribution in [0.15, 0.2) is 29.3 Å². The maximum Gasteiger partial charge on any atom is 0.326 e. The first-order valence-corrected chi connectivity index (χ1v) is 18.4. The van der Waals surface area contributed by atoms with E-state index in [1.165, 1.54) is 30.9 Å². The molecule has 2 aliphatic heterocycles. The number of hydrogen-bond donors (Lipinski definition) is 11. The molecule has 1 aromatic carbocycles. The van der Waals surface area contributed by atoms with Gasteiger partial charge < -0.3 is 68.7 Å². The largest absolute Gasteiger partial charge is 0.508 e. The molecule has 2 fully saturated rings. The van der Waals surface area contributed by atoms with Gasteiger partial charge in [0.2, 0.25) is 35.4 Å². The van der Waals surface area contributed by atoms with Gasteiger partial charge in [-0.05, 0) is 76.5 Å². The number of aromatic hydroxyl groups is 1. The first kappa shape index (κ1) is 44.9. The van der Waals surface area contributed by atoms with Crippen molar-refractivity contribution in [1.82, 2.24) is 31.1 Å². The number of carboxylic acids is 1. The lowest BCUT2D eigenvalue weighted by Crippen LogP contribution is -2.61. The topological polar surface area (TPSA) is 345 Å². The number of carbonyl (C=O) groups is 7. The summed E-state index contributed by atoms with van der Waals surface area (Å²) in [5.74, 6) is -5.97. The van der Waals surface area contributed by atoms with Crippen molar-refractivity contribution in [3.8, 4) is 5.75 Å². The zero-order valence-corrected chi connectivity index (χ0v) is 31.4.